The minimum Gasteiger partial charge on any atom is -0.384 e. The van der Waals surface area contributed by atoms with E-state index in [0.29, 0.717) is 5.92 Å². The molecule has 2 unspecified atom stereocenters. The molecule has 0 saturated heterocycles. The van der Waals surface area contributed by atoms with Crippen molar-refractivity contribution in [2.75, 3.05) is 27.4 Å². The summed E-state index contributed by atoms with van der Waals surface area (Å²) in [6.45, 7) is 10.8. The van der Waals surface area contributed by atoms with Crippen LogP contribution < -0.4 is 0 Å². The highest BCUT2D eigenvalue weighted by atomic mass is 16.5. The van der Waals surface area contributed by atoms with Gasteiger partial charge in [-0.15, -0.1) is 0 Å². The topological polar surface area (TPSA) is 18.5 Å². The Morgan fingerprint density at radius 1 is 0.938 bits per heavy atom. The zero-order valence-corrected chi connectivity index (χ0v) is 12.0. The van der Waals surface area contributed by atoms with Crippen LogP contribution in [0.1, 0.15) is 47.0 Å². The summed E-state index contributed by atoms with van der Waals surface area (Å²) in [5, 5.41) is 0. The molecule has 0 saturated carbocycles. The molecule has 0 aliphatic carbocycles. The Labute approximate surface area is 102 Å². The van der Waals surface area contributed by atoms with Crippen LogP contribution in [-0.4, -0.2) is 27.4 Å². The minimum atomic E-state index is 0.188. The molecule has 0 fully saturated rings. The Morgan fingerprint density at radius 2 is 1.44 bits per heavy atom. The van der Waals surface area contributed by atoms with Crippen molar-refractivity contribution in [3.8, 4) is 0 Å². The Bertz CT molecular complexity index is 162. The fourth-order valence-corrected chi connectivity index (χ4v) is 2.49. The molecule has 0 aliphatic heterocycles. The first-order chi connectivity index (χ1) is 7.56. The zero-order valence-electron chi connectivity index (χ0n) is 12.0. The molecule has 0 N–H and O–H groups in total. The molecule has 0 aromatic heterocycles. The van der Waals surface area contributed by atoms with Gasteiger partial charge in [0.15, 0.2) is 0 Å². The quantitative estimate of drug-likeness (QED) is 0.600. The summed E-state index contributed by atoms with van der Waals surface area (Å²) >= 11 is 0. The van der Waals surface area contributed by atoms with Crippen molar-refractivity contribution in [3.63, 3.8) is 0 Å². The van der Waals surface area contributed by atoms with Crippen LogP contribution in [-0.2, 0) is 9.47 Å². The van der Waals surface area contributed by atoms with E-state index in [2.05, 4.69) is 27.7 Å². The first-order valence-corrected chi connectivity index (χ1v) is 6.54. The van der Waals surface area contributed by atoms with Crippen molar-refractivity contribution in [1.82, 2.24) is 0 Å². The second kappa shape index (κ2) is 8.08. The monoisotopic (exact) mass is 230 g/mol. The van der Waals surface area contributed by atoms with Crippen molar-refractivity contribution in [2.45, 2.75) is 47.0 Å². The van der Waals surface area contributed by atoms with E-state index >= 15 is 0 Å². The maximum Gasteiger partial charge on any atom is 0.0543 e. The van der Waals surface area contributed by atoms with E-state index in [9.17, 15) is 0 Å². The standard InChI is InChI=1S/C14H30O2/c1-7-12(3)9-14(10-15-5,11-16-6)13(4)8-2/h12-13H,7-11H2,1-6H3. The largest absolute Gasteiger partial charge is 0.384 e. The molecule has 2 atom stereocenters. The summed E-state index contributed by atoms with van der Waals surface area (Å²) < 4.78 is 10.9. The second-order valence-corrected chi connectivity index (χ2v) is 5.26. The molecular formula is C14H30O2. The SMILES string of the molecule is CCC(C)CC(COC)(COC)C(C)CC. The number of hydrogen-bond acceptors (Lipinski definition) is 2. The Hall–Kier alpha value is -0.0800. The van der Waals surface area contributed by atoms with Crippen LogP contribution in [0.4, 0.5) is 0 Å². The normalized spacial score (nSPS) is 16.1. The molecule has 0 bridgehead atoms. The van der Waals surface area contributed by atoms with Crippen LogP contribution in [0.25, 0.3) is 0 Å². The molecule has 0 aromatic carbocycles. The smallest absolute Gasteiger partial charge is 0.0543 e. The highest BCUT2D eigenvalue weighted by molar-refractivity contribution is 4.85. The molecule has 0 rings (SSSR count). The van der Waals surface area contributed by atoms with E-state index in [-0.39, 0.29) is 5.41 Å². The summed E-state index contributed by atoms with van der Waals surface area (Å²) in [5.41, 5.74) is 0.188. The van der Waals surface area contributed by atoms with Crippen LogP contribution >= 0.6 is 0 Å². The first-order valence-electron chi connectivity index (χ1n) is 6.54. The zero-order chi connectivity index (χ0) is 12.6. The summed E-state index contributed by atoms with van der Waals surface area (Å²) in [6.07, 6.45) is 3.61. The average Bonchev–Trinajstić information content (AvgIpc) is 2.28. The van der Waals surface area contributed by atoms with Crippen molar-refractivity contribution < 1.29 is 9.47 Å². The molecular weight excluding hydrogens is 200 g/mol. The summed E-state index contributed by atoms with van der Waals surface area (Å²) in [6, 6.07) is 0. The molecule has 16 heavy (non-hydrogen) atoms. The van der Waals surface area contributed by atoms with Gasteiger partial charge in [-0.25, -0.2) is 0 Å². The first kappa shape index (κ1) is 15.9. The van der Waals surface area contributed by atoms with Crippen LogP contribution in [0.3, 0.4) is 0 Å². The van der Waals surface area contributed by atoms with Gasteiger partial charge >= 0.3 is 0 Å². The summed E-state index contributed by atoms with van der Waals surface area (Å²) in [4.78, 5) is 0. The van der Waals surface area contributed by atoms with Crippen molar-refractivity contribution in [2.24, 2.45) is 17.3 Å². The second-order valence-electron chi connectivity index (χ2n) is 5.26. The number of rotatable bonds is 9. The predicted molar refractivity (Wildman–Crippen MR) is 69.7 cm³/mol. The van der Waals surface area contributed by atoms with Gasteiger partial charge in [0, 0.05) is 19.6 Å². The Balaban J connectivity index is 4.76. The molecule has 2 heteroatoms. The average molecular weight is 230 g/mol. The lowest BCUT2D eigenvalue weighted by Crippen LogP contribution is -2.39. The van der Waals surface area contributed by atoms with Gasteiger partial charge in [-0.2, -0.15) is 0 Å². The molecule has 98 valence electrons. The Kier molecular flexibility index (Phi) is 8.04. The minimum absolute atomic E-state index is 0.188. The van der Waals surface area contributed by atoms with E-state index in [0.717, 1.165) is 19.1 Å². The third-order valence-corrected chi connectivity index (χ3v) is 3.97. The molecule has 0 heterocycles. The van der Waals surface area contributed by atoms with E-state index < -0.39 is 0 Å². The third-order valence-electron chi connectivity index (χ3n) is 3.97. The van der Waals surface area contributed by atoms with E-state index in [4.69, 9.17) is 9.47 Å². The molecule has 0 spiro atoms. The number of methoxy groups -OCH3 is 2. The lowest BCUT2D eigenvalue weighted by atomic mass is 9.70. The van der Waals surface area contributed by atoms with Crippen LogP contribution in [0.2, 0.25) is 0 Å². The lowest BCUT2D eigenvalue weighted by molar-refractivity contribution is -0.0409. The fraction of sp³-hybridized carbons (Fsp3) is 1.00. The molecule has 0 radical (unpaired) electrons. The summed E-state index contributed by atoms with van der Waals surface area (Å²) in [5.74, 6) is 1.38. The predicted octanol–water partition coefficient (Wildman–Crippen LogP) is 3.75. The van der Waals surface area contributed by atoms with Gasteiger partial charge in [-0.05, 0) is 18.3 Å². The number of ether oxygens (including phenoxy) is 2. The lowest BCUT2D eigenvalue weighted by Gasteiger charge is -2.39. The number of hydrogen-bond donors (Lipinski definition) is 0. The van der Waals surface area contributed by atoms with Gasteiger partial charge < -0.3 is 9.47 Å². The highest BCUT2D eigenvalue weighted by Gasteiger charge is 2.36. The summed E-state index contributed by atoms with van der Waals surface area (Å²) in [7, 11) is 3.59. The molecule has 0 aliphatic rings. The van der Waals surface area contributed by atoms with Gasteiger partial charge in [0.05, 0.1) is 13.2 Å². The fourth-order valence-electron chi connectivity index (χ4n) is 2.49. The Morgan fingerprint density at radius 3 is 1.75 bits per heavy atom. The van der Waals surface area contributed by atoms with E-state index in [1.165, 1.54) is 19.3 Å². The highest BCUT2D eigenvalue weighted by Crippen LogP contribution is 2.38. The van der Waals surface area contributed by atoms with Crippen LogP contribution in [0.15, 0.2) is 0 Å². The molecule has 2 nitrogen and oxygen atoms in total. The maximum absolute atomic E-state index is 5.45. The van der Waals surface area contributed by atoms with E-state index in [1.54, 1.807) is 14.2 Å². The third kappa shape index (κ3) is 4.42. The van der Waals surface area contributed by atoms with Crippen molar-refractivity contribution in [3.05, 3.63) is 0 Å². The van der Waals surface area contributed by atoms with Gasteiger partial charge in [-0.1, -0.05) is 40.5 Å². The van der Waals surface area contributed by atoms with Gasteiger partial charge in [0.2, 0.25) is 0 Å². The van der Waals surface area contributed by atoms with Crippen molar-refractivity contribution >= 4 is 0 Å². The van der Waals surface area contributed by atoms with Crippen LogP contribution in [0.5, 0.6) is 0 Å². The van der Waals surface area contributed by atoms with Gasteiger partial charge in [-0.3, -0.25) is 0 Å². The van der Waals surface area contributed by atoms with Gasteiger partial charge in [0.1, 0.15) is 0 Å². The van der Waals surface area contributed by atoms with Crippen molar-refractivity contribution in [1.29, 1.82) is 0 Å². The molecule has 0 amide bonds. The van der Waals surface area contributed by atoms with Crippen LogP contribution in [0, 0.1) is 17.3 Å². The van der Waals surface area contributed by atoms with E-state index in [1.807, 2.05) is 0 Å². The van der Waals surface area contributed by atoms with Gasteiger partial charge in [0.25, 0.3) is 0 Å². The molecule has 0 aromatic rings. The maximum atomic E-state index is 5.45.